The molecule has 4 rings (SSSR count). The van der Waals surface area contributed by atoms with Gasteiger partial charge < -0.3 is 13.8 Å². The van der Waals surface area contributed by atoms with Gasteiger partial charge in [0, 0.05) is 12.1 Å². The number of nitrogens with zero attached hydrogens (tertiary/aromatic N) is 3. The van der Waals surface area contributed by atoms with E-state index in [0.717, 1.165) is 31.4 Å². The maximum Gasteiger partial charge on any atom is 0.295 e. The highest BCUT2D eigenvalue weighted by Crippen LogP contribution is 2.31. The van der Waals surface area contributed by atoms with Gasteiger partial charge in [0.15, 0.2) is 5.76 Å². The van der Waals surface area contributed by atoms with Crippen molar-refractivity contribution in [2.45, 2.75) is 83.2 Å². The fraction of sp³-hybridized carbons (Fsp3) is 0.650. The normalized spacial score (nSPS) is 19.6. The van der Waals surface area contributed by atoms with Crippen LogP contribution in [0.5, 0.6) is 0 Å². The quantitative estimate of drug-likeness (QED) is 0.790. The minimum Gasteiger partial charge on any atom is -0.456 e. The van der Waals surface area contributed by atoms with Gasteiger partial charge in [-0.3, -0.25) is 4.79 Å². The van der Waals surface area contributed by atoms with Crippen molar-refractivity contribution in [3.8, 4) is 11.7 Å². The Kier molecular flexibility index (Phi) is 5.09. The zero-order valence-electron chi connectivity index (χ0n) is 15.4. The number of rotatable bonds is 4. The number of aromatic nitrogens is 2. The first-order valence-corrected chi connectivity index (χ1v) is 9.95. The monoisotopic (exact) mass is 357 g/mol. The highest BCUT2D eigenvalue weighted by Gasteiger charge is 2.35. The van der Waals surface area contributed by atoms with Gasteiger partial charge in [0.2, 0.25) is 0 Å². The summed E-state index contributed by atoms with van der Waals surface area (Å²) in [7, 11) is 0. The van der Waals surface area contributed by atoms with E-state index in [1.807, 2.05) is 13.0 Å². The Bertz CT molecular complexity index is 721. The SMILES string of the molecule is Cc1ccc(-c2nc(C(=O)N(C3CCCCC3)C3CCCCC3)no2)o1. The van der Waals surface area contributed by atoms with Crippen molar-refractivity contribution in [3.63, 3.8) is 0 Å². The molecule has 2 heterocycles. The number of hydrogen-bond donors (Lipinski definition) is 0. The summed E-state index contributed by atoms with van der Waals surface area (Å²) in [4.78, 5) is 19.7. The Morgan fingerprint density at radius 1 is 1.00 bits per heavy atom. The molecular weight excluding hydrogens is 330 g/mol. The molecule has 2 aliphatic carbocycles. The third kappa shape index (κ3) is 3.55. The standard InChI is InChI=1S/C20H27N3O3/c1-14-12-13-17(25-14)19-21-18(22-26-19)20(24)23(15-8-4-2-5-9-15)16-10-6-3-7-11-16/h12-13,15-16H,2-11H2,1H3. The third-order valence-corrected chi connectivity index (χ3v) is 5.74. The lowest BCUT2D eigenvalue weighted by molar-refractivity contribution is 0.0433. The first-order valence-electron chi connectivity index (χ1n) is 9.95. The van der Waals surface area contributed by atoms with E-state index in [1.165, 1.54) is 38.5 Å². The molecule has 0 aromatic carbocycles. The van der Waals surface area contributed by atoms with E-state index in [9.17, 15) is 4.79 Å². The number of aryl methyl sites for hydroxylation is 1. The van der Waals surface area contributed by atoms with Gasteiger partial charge in [-0.05, 0) is 44.7 Å². The van der Waals surface area contributed by atoms with E-state index in [-0.39, 0.29) is 17.6 Å². The maximum atomic E-state index is 13.3. The van der Waals surface area contributed by atoms with Crippen LogP contribution in [0.2, 0.25) is 0 Å². The summed E-state index contributed by atoms with van der Waals surface area (Å²) >= 11 is 0. The molecular formula is C20H27N3O3. The van der Waals surface area contributed by atoms with Crippen molar-refractivity contribution in [2.24, 2.45) is 0 Å². The predicted octanol–water partition coefficient (Wildman–Crippen LogP) is 4.75. The largest absolute Gasteiger partial charge is 0.456 e. The molecule has 0 aliphatic heterocycles. The van der Waals surface area contributed by atoms with Gasteiger partial charge in [0.1, 0.15) is 5.76 Å². The van der Waals surface area contributed by atoms with Crippen LogP contribution < -0.4 is 0 Å². The second-order valence-electron chi connectivity index (χ2n) is 7.63. The molecule has 140 valence electrons. The predicted molar refractivity (Wildman–Crippen MR) is 96.7 cm³/mol. The zero-order chi connectivity index (χ0) is 17.9. The van der Waals surface area contributed by atoms with Crippen molar-refractivity contribution in [1.82, 2.24) is 15.0 Å². The second kappa shape index (κ2) is 7.64. The molecule has 0 saturated heterocycles. The lowest BCUT2D eigenvalue weighted by Gasteiger charge is -2.41. The molecule has 2 aromatic rings. The van der Waals surface area contributed by atoms with Crippen molar-refractivity contribution in [1.29, 1.82) is 0 Å². The van der Waals surface area contributed by atoms with Gasteiger partial charge in [0.25, 0.3) is 17.6 Å². The van der Waals surface area contributed by atoms with Gasteiger partial charge in [-0.15, -0.1) is 0 Å². The molecule has 26 heavy (non-hydrogen) atoms. The Labute approximate surface area is 153 Å². The minimum absolute atomic E-state index is 0.0814. The molecule has 2 saturated carbocycles. The van der Waals surface area contributed by atoms with Gasteiger partial charge in [-0.1, -0.05) is 43.7 Å². The zero-order valence-corrected chi connectivity index (χ0v) is 15.4. The van der Waals surface area contributed by atoms with Crippen LogP contribution in [-0.2, 0) is 0 Å². The second-order valence-corrected chi connectivity index (χ2v) is 7.63. The van der Waals surface area contributed by atoms with Crippen LogP contribution >= 0.6 is 0 Å². The molecule has 0 spiro atoms. The molecule has 0 unspecified atom stereocenters. The average molecular weight is 357 g/mol. The Hall–Kier alpha value is -2.11. The third-order valence-electron chi connectivity index (χ3n) is 5.74. The topological polar surface area (TPSA) is 72.4 Å². The van der Waals surface area contributed by atoms with Gasteiger partial charge in [0.05, 0.1) is 0 Å². The van der Waals surface area contributed by atoms with Crippen LogP contribution in [-0.4, -0.2) is 33.0 Å². The average Bonchev–Trinajstić information content (AvgIpc) is 3.33. The summed E-state index contributed by atoms with van der Waals surface area (Å²) in [5.74, 6) is 1.63. The summed E-state index contributed by atoms with van der Waals surface area (Å²) < 4.78 is 10.8. The molecule has 2 fully saturated rings. The number of hydrogen-bond acceptors (Lipinski definition) is 5. The van der Waals surface area contributed by atoms with Crippen LogP contribution in [0.15, 0.2) is 21.1 Å². The molecule has 6 nitrogen and oxygen atoms in total. The van der Waals surface area contributed by atoms with Crippen molar-refractivity contribution in [2.75, 3.05) is 0 Å². The van der Waals surface area contributed by atoms with E-state index in [2.05, 4.69) is 15.0 Å². The Balaban J connectivity index is 1.58. The van der Waals surface area contributed by atoms with Crippen LogP contribution in [0.4, 0.5) is 0 Å². The first kappa shape index (κ1) is 17.3. The molecule has 0 N–H and O–H groups in total. The van der Waals surface area contributed by atoms with Crippen molar-refractivity contribution >= 4 is 5.91 Å². The molecule has 1 amide bonds. The van der Waals surface area contributed by atoms with E-state index in [0.29, 0.717) is 17.8 Å². The van der Waals surface area contributed by atoms with Gasteiger partial charge in [-0.25, -0.2) is 0 Å². The van der Waals surface area contributed by atoms with Crippen molar-refractivity contribution in [3.05, 3.63) is 23.7 Å². The molecule has 2 aliphatic rings. The summed E-state index contributed by atoms with van der Waals surface area (Å²) in [5, 5.41) is 3.98. The Morgan fingerprint density at radius 3 is 2.15 bits per heavy atom. The van der Waals surface area contributed by atoms with Crippen LogP contribution in [0.3, 0.4) is 0 Å². The van der Waals surface area contributed by atoms with E-state index < -0.39 is 0 Å². The molecule has 2 aromatic heterocycles. The summed E-state index contributed by atoms with van der Waals surface area (Å²) in [5.41, 5.74) is 0. The van der Waals surface area contributed by atoms with Crippen LogP contribution in [0.25, 0.3) is 11.7 Å². The number of carbonyl (C=O) groups is 1. The summed E-state index contributed by atoms with van der Waals surface area (Å²) in [6.07, 6.45) is 11.7. The molecule has 0 atom stereocenters. The van der Waals surface area contributed by atoms with Gasteiger partial charge in [-0.2, -0.15) is 4.98 Å². The van der Waals surface area contributed by atoms with E-state index in [4.69, 9.17) is 8.94 Å². The smallest absolute Gasteiger partial charge is 0.295 e. The maximum absolute atomic E-state index is 13.3. The highest BCUT2D eigenvalue weighted by molar-refractivity contribution is 5.91. The fourth-order valence-corrected chi connectivity index (χ4v) is 4.42. The van der Waals surface area contributed by atoms with E-state index >= 15 is 0 Å². The number of amides is 1. The highest BCUT2D eigenvalue weighted by atomic mass is 16.5. The minimum atomic E-state index is -0.0814. The lowest BCUT2D eigenvalue weighted by atomic mass is 9.88. The van der Waals surface area contributed by atoms with E-state index in [1.54, 1.807) is 6.07 Å². The Morgan fingerprint density at radius 2 is 1.62 bits per heavy atom. The first-order chi connectivity index (χ1) is 12.7. The lowest BCUT2D eigenvalue weighted by Crippen LogP contribution is -2.49. The molecule has 6 heteroatoms. The fourth-order valence-electron chi connectivity index (χ4n) is 4.42. The summed E-state index contributed by atoms with van der Waals surface area (Å²) in [6, 6.07) is 4.26. The number of carbonyl (C=O) groups excluding carboxylic acids is 1. The molecule has 0 bridgehead atoms. The van der Waals surface area contributed by atoms with Gasteiger partial charge >= 0.3 is 0 Å². The summed E-state index contributed by atoms with van der Waals surface area (Å²) in [6.45, 7) is 1.86. The van der Waals surface area contributed by atoms with Crippen LogP contribution in [0.1, 0.15) is 80.6 Å². The van der Waals surface area contributed by atoms with Crippen molar-refractivity contribution < 1.29 is 13.7 Å². The molecule has 0 radical (unpaired) electrons. The van der Waals surface area contributed by atoms with Crippen LogP contribution in [0, 0.1) is 6.92 Å². The number of furan rings is 1.